The predicted octanol–water partition coefficient (Wildman–Crippen LogP) is 0.730. The van der Waals surface area contributed by atoms with E-state index in [0.717, 1.165) is 0 Å². The van der Waals surface area contributed by atoms with Crippen molar-refractivity contribution in [1.82, 2.24) is 19.4 Å². The lowest BCUT2D eigenvalue weighted by Gasteiger charge is -2.30. The molecule has 1 fully saturated rings. The van der Waals surface area contributed by atoms with Crippen molar-refractivity contribution in [2.45, 2.75) is 24.3 Å². The maximum atomic E-state index is 12.6. The molecule has 1 saturated heterocycles. The number of amides is 1. The molecular formula is C15H20N4O4S. The SMILES string of the molecule is Cn1cc(S(=O)(=O)N2CCC[C@H](C(=O)NCc3ccco3)C2)cn1. The first kappa shape index (κ1) is 16.7. The van der Waals surface area contributed by atoms with Crippen LogP contribution in [0.3, 0.4) is 0 Å². The molecule has 1 N–H and O–H groups in total. The van der Waals surface area contributed by atoms with E-state index < -0.39 is 10.0 Å². The summed E-state index contributed by atoms with van der Waals surface area (Å²) in [7, 11) is -1.95. The van der Waals surface area contributed by atoms with E-state index in [4.69, 9.17) is 4.42 Å². The molecule has 1 aliphatic rings. The lowest BCUT2D eigenvalue weighted by molar-refractivity contribution is -0.126. The van der Waals surface area contributed by atoms with Gasteiger partial charge >= 0.3 is 0 Å². The molecular weight excluding hydrogens is 332 g/mol. The molecule has 24 heavy (non-hydrogen) atoms. The van der Waals surface area contributed by atoms with Crippen LogP contribution >= 0.6 is 0 Å². The average molecular weight is 352 g/mol. The lowest BCUT2D eigenvalue weighted by atomic mass is 9.99. The Balaban J connectivity index is 1.64. The zero-order chi connectivity index (χ0) is 17.2. The van der Waals surface area contributed by atoms with Crippen molar-refractivity contribution in [3.8, 4) is 0 Å². The lowest BCUT2D eigenvalue weighted by Crippen LogP contribution is -2.45. The summed E-state index contributed by atoms with van der Waals surface area (Å²) in [5.74, 6) is 0.150. The molecule has 1 amide bonds. The molecule has 0 radical (unpaired) electrons. The predicted molar refractivity (Wildman–Crippen MR) is 85.2 cm³/mol. The number of aromatic nitrogens is 2. The van der Waals surface area contributed by atoms with Crippen molar-refractivity contribution < 1.29 is 17.6 Å². The highest BCUT2D eigenvalue weighted by Gasteiger charge is 2.33. The van der Waals surface area contributed by atoms with Crippen LogP contribution in [0.1, 0.15) is 18.6 Å². The second-order valence-electron chi connectivity index (χ2n) is 5.85. The maximum absolute atomic E-state index is 12.6. The summed E-state index contributed by atoms with van der Waals surface area (Å²) < 4.78 is 33.3. The summed E-state index contributed by atoms with van der Waals surface area (Å²) >= 11 is 0. The molecule has 1 aliphatic heterocycles. The fourth-order valence-electron chi connectivity index (χ4n) is 2.79. The summed E-state index contributed by atoms with van der Waals surface area (Å²) in [5, 5.41) is 6.71. The fraction of sp³-hybridized carbons (Fsp3) is 0.467. The van der Waals surface area contributed by atoms with Gasteiger partial charge in [0.25, 0.3) is 0 Å². The van der Waals surface area contributed by atoms with Crippen LogP contribution in [0.4, 0.5) is 0 Å². The number of carbonyl (C=O) groups excluding carboxylic acids is 1. The minimum atomic E-state index is -3.61. The number of piperidine rings is 1. The van der Waals surface area contributed by atoms with Gasteiger partial charge in [0.15, 0.2) is 0 Å². The van der Waals surface area contributed by atoms with Gasteiger partial charge in [-0.3, -0.25) is 9.48 Å². The fourth-order valence-corrected chi connectivity index (χ4v) is 4.30. The first-order valence-corrected chi connectivity index (χ1v) is 9.20. The zero-order valence-electron chi connectivity index (χ0n) is 13.4. The average Bonchev–Trinajstić information content (AvgIpc) is 3.24. The minimum absolute atomic E-state index is 0.154. The Bertz CT molecular complexity index is 797. The van der Waals surface area contributed by atoms with Gasteiger partial charge in [0.2, 0.25) is 15.9 Å². The summed E-state index contributed by atoms with van der Waals surface area (Å²) in [6.07, 6.45) is 5.66. The van der Waals surface area contributed by atoms with E-state index in [2.05, 4.69) is 10.4 Å². The molecule has 130 valence electrons. The minimum Gasteiger partial charge on any atom is -0.467 e. The Labute approximate surface area is 140 Å². The number of carbonyl (C=O) groups is 1. The van der Waals surface area contributed by atoms with Crippen LogP contribution in [0, 0.1) is 5.92 Å². The van der Waals surface area contributed by atoms with Gasteiger partial charge in [-0.05, 0) is 25.0 Å². The van der Waals surface area contributed by atoms with E-state index in [1.807, 2.05) is 0 Å². The molecule has 8 nitrogen and oxygen atoms in total. The van der Waals surface area contributed by atoms with Crippen molar-refractivity contribution in [2.75, 3.05) is 13.1 Å². The highest BCUT2D eigenvalue weighted by atomic mass is 32.2. The van der Waals surface area contributed by atoms with Gasteiger partial charge in [-0.2, -0.15) is 9.40 Å². The summed E-state index contributed by atoms with van der Waals surface area (Å²) in [6, 6.07) is 3.53. The Morgan fingerprint density at radius 3 is 3.00 bits per heavy atom. The van der Waals surface area contributed by atoms with Crippen LogP contribution in [-0.2, 0) is 28.4 Å². The highest BCUT2D eigenvalue weighted by molar-refractivity contribution is 7.89. The normalized spacial score (nSPS) is 19.3. The summed E-state index contributed by atoms with van der Waals surface area (Å²) in [5.41, 5.74) is 0. The molecule has 0 aliphatic carbocycles. The molecule has 0 saturated carbocycles. The number of nitrogens with one attached hydrogen (secondary N) is 1. The zero-order valence-corrected chi connectivity index (χ0v) is 14.2. The van der Waals surface area contributed by atoms with Crippen molar-refractivity contribution >= 4 is 15.9 Å². The second kappa shape index (κ2) is 6.78. The van der Waals surface area contributed by atoms with Gasteiger partial charge in [-0.25, -0.2) is 8.42 Å². The number of sulfonamides is 1. The van der Waals surface area contributed by atoms with Crippen molar-refractivity contribution in [1.29, 1.82) is 0 Å². The highest BCUT2D eigenvalue weighted by Crippen LogP contribution is 2.23. The Hall–Kier alpha value is -2.13. The first-order valence-electron chi connectivity index (χ1n) is 7.76. The number of hydrogen-bond donors (Lipinski definition) is 1. The summed E-state index contributed by atoms with van der Waals surface area (Å²) in [6.45, 7) is 0.901. The number of hydrogen-bond acceptors (Lipinski definition) is 5. The number of nitrogens with zero attached hydrogens (tertiary/aromatic N) is 3. The smallest absolute Gasteiger partial charge is 0.246 e. The second-order valence-corrected chi connectivity index (χ2v) is 7.79. The molecule has 0 aromatic carbocycles. The van der Waals surface area contributed by atoms with Crippen LogP contribution in [0.5, 0.6) is 0 Å². The van der Waals surface area contributed by atoms with Crippen LogP contribution in [0.15, 0.2) is 40.1 Å². The molecule has 2 aromatic rings. The monoisotopic (exact) mass is 352 g/mol. The van der Waals surface area contributed by atoms with Gasteiger partial charge in [-0.1, -0.05) is 0 Å². The largest absolute Gasteiger partial charge is 0.467 e. The topological polar surface area (TPSA) is 97.4 Å². The molecule has 2 aromatic heterocycles. The molecule has 0 unspecified atom stereocenters. The van der Waals surface area contributed by atoms with Gasteiger partial charge < -0.3 is 9.73 Å². The third-order valence-electron chi connectivity index (χ3n) is 4.09. The van der Waals surface area contributed by atoms with E-state index in [1.54, 1.807) is 25.4 Å². The maximum Gasteiger partial charge on any atom is 0.246 e. The first-order chi connectivity index (χ1) is 11.5. The standard InChI is InChI=1S/C15H20N4O4S/c1-18-11-14(9-17-18)24(21,22)19-6-2-4-12(10-19)15(20)16-8-13-5-3-7-23-13/h3,5,7,9,11-12H,2,4,6,8,10H2,1H3,(H,16,20)/t12-/m0/s1. The van der Waals surface area contributed by atoms with Crippen molar-refractivity contribution in [3.63, 3.8) is 0 Å². The third-order valence-corrected chi connectivity index (χ3v) is 5.91. The Kier molecular flexibility index (Phi) is 4.72. The number of furan rings is 1. The quantitative estimate of drug-likeness (QED) is 0.855. The molecule has 1 atom stereocenters. The molecule has 3 rings (SSSR count). The number of rotatable bonds is 5. The van der Waals surface area contributed by atoms with Gasteiger partial charge in [-0.15, -0.1) is 0 Å². The molecule has 0 spiro atoms. The van der Waals surface area contributed by atoms with Crippen LogP contribution < -0.4 is 5.32 Å². The van der Waals surface area contributed by atoms with E-state index >= 15 is 0 Å². The molecule has 9 heteroatoms. The van der Waals surface area contributed by atoms with E-state index in [9.17, 15) is 13.2 Å². The third kappa shape index (κ3) is 3.51. The van der Waals surface area contributed by atoms with Gasteiger partial charge in [0, 0.05) is 26.3 Å². The Morgan fingerprint density at radius 2 is 2.33 bits per heavy atom. The van der Waals surface area contributed by atoms with Gasteiger partial charge in [0.1, 0.15) is 10.7 Å². The van der Waals surface area contributed by atoms with Crippen LogP contribution in [0.25, 0.3) is 0 Å². The van der Waals surface area contributed by atoms with Crippen LogP contribution in [-0.4, -0.2) is 41.5 Å². The number of aryl methyl sites for hydroxylation is 1. The van der Waals surface area contributed by atoms with E-state index in [-0.39, 0.29) is 23.3 Å². The van der Waals surface area contributed by atoms with Gasteiger partial charge in [0.05, 0.1) is 24.9 Å². The van der Waals surface area contributed by atoms with E-state index in [0.29, 0.717) is 31.7 Å². The van der Waals surface area contributed by atoms with Crippen molar-refractivity contribution in [3.05, 3.63) is 36.5 Å². The van der Waals surface area contributed by atoms with E-state index in [1.165, 1.54) is 21.4 Å². The van der Waals surface area contributed by atoms with Crippen LogP contribution in [0.2, 0.25) is 0 Å². The van der Waals surface area contributed by atoms with Crippen molar-refractivity contribution in [2.24, 2.45) is 13.0 Å². The summed E-state index contributed by atoms with van der Waals surface area (Å²) in [4.78, 5) is 12.5. The molecule has 3 heterocycles. The molecule has 0 bridgehead atoms. The Morgan fingerprint density at radius 1 is 1.50 bits per heavy atom.